The van der Waals surface area contributed by atoms with Crippen molar-refractivity contribution in [1.82, 2.24) is 5.32 Å². The maximum absolute atomic E-state index is 14.1. The Labute approximate surface area is 190 Å². The molecule has 3 aromatic rings. The first kappa shape index (κ1) is 21.6. The number of fused-ring (bicyclic) bond motifs is 1. The predicted molar refractivity (Wildman–Crippen MR) is 122 cm³/mol. The summed E-state index contributed by atoms with van der Waals surface area (Å²) in [6.45, 7) is 0.229. The average molecular weight is 451 g/mol. The molecule has 1 aliphatic rings. The normalized spacial score (nSPS) is 14.1. The predicted octanol–water partition coefficient (Wildman–Crippen LogP) is 4.60. The monoisotopic (exact) mass is 450 g/mol. The van der Waals surface area contributed by atoms with Gasteiger partial charge in [0.2, 0.25) is 5.91 Å². The van der Waals surface area contributed by atoms with Crippen LogP contribution in [0.3, 0.4) is 0 Å². The van der Waals surface area contributed by atoms with Crippen LogP contribution in [0.4, 0.5) is 10.1 Å². The number of hydrogen-bond donors (Lipinski definition) is 1. The van der Waals surface area contributed by atoms with Crippen LogP contribution in [0.15, 0.2) is 78.6 Å². The number of amides is 2. The van der Waals surface area contributed by atoms with E-state index in [0.29, 0.717) is 29.4 Å². The van der Waals surface area contributed by atoms with Crippen LogP contribution in [0.25, 0.3) is 6.08 Å². The highest BCUT2D eigenvalue weighted by Crippen LogP contribution is 2.35. The fourth-order valence-electron chi connectivity index (χ4n) is 3.35. The number of ether oxygens (including phenoxy) is 1. The number of nitrogens with one attached hydrogen (secondary N) is 1. The molecule has 1 heterocycles. The molecule has 32 heavy (non-hydrogen) atoms. The van der Waals surface area contributed by atoms with Crippen molar-refractivity contribution in [2.24, 2.45) is 0 Å². The van der Waals surface area contributed by atoms with Crippen LogP contribution in [0, 0.1) is 5.82 Å². The lowest BCUT2D eigenvalue weighted by atomic mass is 10.1. The van der Waals surface area contributed by atoms with Crippen molar-refractivity contribution < 1.29 is 18.7 Å². The number of rotatable bonds is 6. The molecule has 0 atom stereocenters. The summed E-state index contributed by atoms with van der Waals surface area (Å²) in [7, 11) is 0. The molecular formula is C25H20ClFN2O3. The van der Waals surface area contributed by atoms with Crippen molar-refractivity contribution >= 4 is 35.2 Å². The van der Waals surface area contributed by atoms with Gasteiger partial charge in [0.15, 0.2) is 11.5 Å². The molecule has 0 radical (unpaired) electrons. The van der Waals surface area contributed by atoms with Crippen LogP contribution in [-0.2, 0) is 16.0 Å². The number of nitrogens with zero attached hydrogens (tertiary/aromatic N) is 1. The van der Waals surface area contributed by atoms with E-state index in [1.165, 1.54) is 17.0 Å². The van der Waals surface area contributed by atoms with E-state index in [0.717, 1.165) is 5.56 Å². The van der Waals surface area contributed by atoms with Crippen molar-refractivity contribution in [3.8, 4) is 5.75 Å². The number of para-hydroxylation sites is 2. The first-order valence-electron chi connectivity index (χ1n) is 10.1. The van der Waals surface area contributed by atoms with Crippen molar-refractivity contribution in [2.75, 3.05) is 18.0 Å². The Morgan fingerprint density at radius 1 is 1.03 bits per heavy atom. The highest BCUT2D eigenvalue weighted by atomic mass is 35.5. The summed E-state index contributed by atoms with van der Waals surface area (Å²) in [4.78, 5) is 27.0. The maximum atomic E-state index is 14.1. The van der Waals surface area contributed by atoms with Crippen LogP contribution in [0.2, 0.25) is 5.02 Å². The van der Waals surface area contributed by atoms with Crippen LogP contribution < -0.4 is 15.0 Å². The number of hydrogen-bond acceptors (Lipinski definition) is 3. The Bertz CT molecular complexity index is 1180. The summed E-state index contributed by atoms with van der Waals surface area (Å²) in [5.41, 5.74) is 1.75. The lowest BCUT2D eigenvalue weighted by Crippen LogP contribution is -2.44. The smallest absolute Gasteiger partial charge is 0.294 e. The number of halogens is 2. The lowest BCUT2D eigenvalue weighted by molar-refractivity contribution is -0.123. The number of carbonyl (C=O) groups is 2. The Hall–Kier alpha value is -3.64. The highest BCUT2D eigenvalue weighted by molar-refractivity contribution is 6.30. The van der Waals surface area contributed by atoms with Crippen molar-refractivity contribution in [3.05, 3.63) is 101 Å². The van der Waals surface area contributed by atoms with E-state index in [1.807, 2.05) is 12.1 Å². The van der Waals surface area contributed by atoms with E-state index in [1.54, 1.807) is 54.6 Å². The van der Waals surface area contributed by atoms with E-state index in [-0.39, 0.29) is 23.8 Å². The van der Waals surface area contributed by atoms with Gasteiger partial charge in [-0.15, -0.1) is 0 Å². The molecule has 2 amide bonds. The van der Waals surface area contributed by atoms with Gasteiger partial charge in [0.05, 0.1) is 5.69 Å². The van der Waals surface area contributed by atoms with Gasteiger partial charge in [-0.3, -0.25) is 14.5 Å². The quantitative estimate of drug-likeness (QED) is 0.558. The maximum Gasteiger partial charge on any atom is 0.294 e. The lowest BCUT2D eigenvalue weighted by Gasteiger charge is -2.30. The number of anilines is 1. The molecule has 3 aromatic carbocycles. The zero-order valence-corrected chi connectivity index (χ0v) is 17.8. The van der Waals surface area contributed by atoms with Gasteiger partial charge in [-0.05, 0) is 48.4 Å². The minimum atomic E-state index is -0.514. The third-order valence-corrected chi connectivity index (χ3v) is 5.23. The Morgan fingerprint density at radius 2 is 1.75 bits per heavy atom. The SMILES string of the molecule is O=C(CN1C(=O)C(=Cc2ccccc2F)Oc2ccccc21)NCCc1ccc(Cl)cc1. The second-order valence-corrected chi connectivity index (χ2v) is 7.65. The second kappa shape index (κ2) is 9.66. The first-order chi connectivity index (χ1) is 15.5. The van der Waals surface area contributed by atoms with Gasteiger partial charge >= 0.3 is 0 Å². The minimum absolute atomic E-state index is 0.0530. The third-order valence-electron chi connectivity index (χ3n) is 4.97. The van der Waals surface area contributed by atoms with E-state index in [9.17, 15) is 14.0 Å². The molecule has 0 bridgehead atoms. The van der Waals surface area contributed by atoms with E-state index in [2.05, 4.69) is 5.32 Å². The van der Waals surface area contributed by atoms with Crippen LogP contribution in [-0.4, -0.2) is 24.9 Å². The summed E-state index contributed by atoms with van der Waals surface area (Å²) in [6, 6.07) is 20.4. The molecule has 0 fully saturated rings. The number of benzene rings is 3. The number of carbonyl (C=O) groups excluding carboxylic acids is 2. The fourth-order valence-corrected chi connectivity index (χ4v) is 3.48. The average Bonchev–Trinajstić information content (AvgIpc) is 2.79. The molecule has 7 heteroatoms. The van der Waals surface area contributed by atoms with Gasteiger partial charge in [0.1, 0.15) is 12.4 Å². The zero-order chi connectivity index (χ0) is 22.5. The molecule has 1 aliphatic heterocycles. The molecule has 0 aliphatic carbocycles. The minimum Gasteiger partial charge on any atom is -0.449 e. The molecule has 1 N–H and O–H groups in total. The van der Waals surface area contributed by atoms with Gasteiger partial charge < -0.3 is 10.1 Å². The summed E-state index contributed by atoms with van der Waals surface area (Å²) in [5.74, 6) is -0.928. The Morgan fingerprint density at radius 3 is 2.53 bits per heavy atom. The standard InChI is InChI=1S/C25H20ClFN2O3/c26-19-11-9-17(10-12-19)13-14-28-24(30)16-29-21-7-3-4-8-22(21)32-23(25(29)31)15-18-5-1-2-6-20(18)27/h1-12,15H,13-14,16H2,(H,28,30). The highest BCUT2D eigenvalue weighted by Gasteiger charge is 2.31. The van der Waals surface area contributed by atoms with Gasteiger partial charge in [-0.2, -0.15) is 0 Å². The second-order valence-electron chi connectivity index (χ2n) is 7.22. The molecule has 0 spiro atoms. The molecule has 0 aromatic heterocycles. The van der Waals surface area contributed by atoms with Crippen molar-refractivity contribution in [2.45, 2.75) is 6.42 Å². The van der Waals surface area contributed by atoms with E-state index >= 15 is 0 Å². The van der Waals surface area contributed by atoms with Crippen molar-refractivity contribution in [3.63, 3.8) is 0 Å². The Balaban J connectivity index is 1.48. The van der Waals surface area contributed by atoms with Crippen LogP contribution in [0.5, 0.6) is 5.75 Å². The molecule has 0 saturated heterocycles. The Kier molecular flexibility index (Phi) is 6.52. The molecule has 0 saturated carbocycles. The van der Waals surface area contributed by atoms with Crippen LogP contribution >= 0.6 is 11.6 Å². The topological polar surface area (TPSA) is 58.6 Å². The van der Waals surface area contributed by atoms with Gasteiger partial charge in [0, 0.05) is 17.1 Å². The molecular weight excluding hydrogens is 431 g/mol. The first-order valence-corrected chi connectivity index (χ1v) is 10.4. The molecule has 162 valence electrons. The summed E-state index contributed by atoms with van der Waals surface area (Å²) < 4.78 is 19.8. The van der Waals surface area contributed by atoms with Crippen molar-refractivity contribution in [1.29, 1.82) is 0 Å². The van der Waals surface area contributed by atoms with E-state index < -0.39 is 11.7 Å². The molecule has 5 nitrogen and oxygen atoms in total. The third kappa shape index (κ3) is 4.98. The molecule has 4 rings (SSSR count). The van der Waals surface area contributed by atoms with Gasteiger partial charge in [0.25, 0.3) is 5.91 Å². The summed E-state index contributed by atoms with van der Waals surface area (Å²) >= 11 is 5.89. The fraction of sp³-hybridized carbons (Fsp3) is 0.120. The van der Waals surface area contributed by atoms with Crippen LogP contribution in [0.1, 0.15) is 11.1 Å². The van der Waals surface area contributed by atoms with E-state index in [4.69, 9.17) is 16.3 Å². The summed E-state index contributed by atoms with van der Waals surface area (Å²) in [5, 5.41) is 3.49. The summed E-state index contributed by atoms with van der Waals surface area (Å²) in [6.07, 6.45) is 1.98. The van der Waals surface area contributed by atoms with Gasteiger partial charge in [-0.25, -0.2) is 4.39 Å². The molecule has 0 unspecified atom stereocenters. The van der Waals surface area contributed by atoms with Gasteiger partial charge in [-0.1, -0.05) is 54.1 Å². The zero-order valence-electron chi connectivity index (χ0n) is 17.1. The largest absolute Gasteiger partial charge is 0.449 e.